The van der Waals surface area contributed by atoms with E-state index in [2.05, 4.69) is 25.2 Å². The van der Waals surface area contributed by atoms with Gasteiger partial charge in [0.2, 0.25) is 0 Å². The molecule has 1 aromatic rings. The molecule has 37 heavy (non-hydrogen) atoms. The van der Waals surface area contributed by atoms with Crippen molar-refractivity contribution < 1.29 is 19.4 Å². The van der Waals surface area contributed by atoms with Gasteiger partial charge in [0.25, 0.3) is 0 Å². The minimum atomic E-state index is -0.195. The van der Waals surface area contributed by atoms with Crippen LogP contribution in [0.3, 0.4) is 0 Å². The zero-order valence-corrected chi connectivity index (χ0v) is 24.8. The number of ether oxygens (including phenoxy) is 2. The molecule has 1 aromatic carbocycles. The Morgan fingerprint density at radius 2 is 1.70 bits per heavy atom. The molecule has 2 rings (SSSR count). The van der Waals surface area contributed by atoms with Gasteiger partial charge in [0.1, 0.15) is 17.6 Å². The number of hydrogen-bond acceptors (Lipinski definition) is 4. The van der Waals surface area contributed by atoms with Crippen molar-refractivity contribution in [3.63, 3.8) is 0 Å². The van der Waals surface area contributed by atoms with E-state index in [4.69, 9.17) is 4.74 Å². The van der Waals surface area contributed by atoms with E-state index < -0.39 is 0 Å². The molecule has 4 heteroatoms. The van der Waals surface area contributed by atoms with Crippen LogP contribution in [0.25, 0.3) is 0 Å². The van der Waals surface area contributed by atoms with Gasteiger partial charge in [-0.25, -0.2) is 0 Å². The number of aliphatic hydroxyl groups excluding tert-OH is 1. The van der Waals surface area contributed by atoms with Crippen molar-refractivity contribution in [2.75, 3.05) is 7.11 Å². The maximum atomic E-state index is 11.2. The molecule has 0 amide bonds. The summed E-state index contributed by atoms with van der Waals surface area (Å²) >= 11 is 0. The number of benzene rings is 1. The maximum Gasteiger partial charge on any atom is 0.305 e. The topological polar surface area (TPSA) is 55.8 Å². The summed E-state index contributed by atoms with van der Waals surface area (Å²) in [6.07, 6.45) is 21.1. The van der Waals surface area contributed by atoms with Crippen LogP contribution in [0, 0.1) is 0 Å². The molecule has 1 N–H and O–H groups in total. The van der Waals surface area contributed by atoms with Crippen LogP contribution in [-0.2, 0) is 16.0 Å². The molecule has 1 aliphatic carbocycles. The lowest BCUT2D eigenvalue weighted by Crippen LogP contribution is -2.15. The number of hydrogen-bond donors (Lipinski definition) is 1. The van der Waals surface area contributed by atoms with Gasteiger partial charge < -0.3 is 14.6 Å². The van der Waals surface area contributed by atoms with Crippen LogP contribution >= 0.6 is 0 Å². The van der Waals surface area contributed by atoms with E-state index in [1.54, 1.807) is 12.2 Å². The molecule has 0 radical (unpaired) electrons. The van der Waals surface area contributed by atoms with Gasteiger partial charge in [-0.2, -0.15) is 0 Å². The third-order valence-electron chi connectivity index (χ3n) is 4.39. The molecule has 1 atom stereocenters. The predicted octanol–water partition coefficient (Wildman–Crippen LogP) is 9.89. The summed E-state index contributed by atoms with van der Waals surface area (Å²) in [7, 11) is 1.40. The van der Waals surface area contributed by atoms with Crippen LogP contribution in [0.1, 0.15) is 92.6 Å². The molecule has 0 fully saturated rings. The van der Waals surface area contributed by atoms with Gasteiger partial charge in [-0.3, -0.25) is 4.79 Å². The minimum Gasteiger partial charge on any atom is -0.508 e. The fourth-order valence-electron chi connectivity index (χ4n) is 2.76. The Hall–Kier alpha value is -3.01. The summed E-state index contributed by atoms with van der Waals surface area (Å²) in [6.45, 7) is 17.7. The first kappa shape index (κ1) is 38.5. The number of methoxy groups -OCH3 is 1. The molecule has 1 unspecified atom stereocenters. The Balaban J connectivity index is -0.000000690. The summed E-state index contributed by atoms with van der Waals surface area (Å²) in [4.78, 5) is 11.2. The lowest BCUT2D eigenvalue weighted by atomic mass is 10.1. The van der Waals surface area contributed by atoms with Crippen molar-refractivity contribution in [3.05, 3.63) is 90.8 Å². The van der Waals surface area contributed by atoms with Crippen LogP contribution in [0.4, 0.5) is 0 Å². The third kappa shape index (κ3) is 25.9. The molecule has 0 saturated carbocycles. The number of carbonyl (C=O) groups excluding carboxylic acids is 1. The van der Waals surface area contributed by atoms with Gasteiger partial charge >= 0.3 is 5.97 Å². The van der Waals surface area contributed by atoms with Gasteiger partial charge in [-0.1, -0.05) is 103 Å². The first-order valence-corrected chi connectivity index (χ1v) is 13.8. The monoisotopic (exact) mass is 514 g/mol. The fraction of sp³-hybridized carbons (Fsp3) is 0.485. The zero-order chi connectivity index (χ0) is 28.7. The summed E-state index contributed by atoms with van der Waals surface area (Å²) in [6, 6.07) is 7.85. The Labute approximate surface area is 228 Å². The summed E-state index contributed by atoms with van der Waals surface area (Å²) in [5.41, 5.74) is 1.09. The smallest absolute Gasteiger partial charge is 0.305 e. The molecule has 0 aromatic heterocycles. The second-order valence-electron chi connectivity index (χ2n) is 7.51. The second-order valence-corrected chi connectivity index (χ2v) is 7.51. The van der Waals surface area contributed by atoms with E-state index in [1.807, 2.05) is 95.3 Å². The third-order valence-corrected chi connectivity index (χ3v) is 4.39. The Morgan fingerprint density at radius 1 is 1.08 bits per heavy atom. The largest absolute Gasteiger partial charge is 0.508 e. The van der Waals surface area contributed by atoms with Gasteiger partial charge in [0.15, 0.2) is 0 Å². The Morgan fingerprint density at radius 3 is 2.24 bits per heavy atom. The first-order valence-electron chi connectivity index (χ1n) is 13.8. The average Bonchev–Trinajstić information content (AvgIpc) is 3.03. The standard InChI is InChI=1S/C19H24O4.C7H10.C3H8.2C2H6/c1-22-19(21)14-11-15-9-12-18(13-10-15)23-17-7-3-2-5-16(20)6-4-8-17;1-3-5-7-6-4-2;1-3-2;2*1-2/h4-6,9-10,12-13,17,20H,2-3,7-8,11,14H2,1H3;3-7H,1H2,2H3;3H2,1-2H3;2*1-2H3/b6-4-,16-5+;6-4-,7-5-;;;. The highest BCUT2D eigenvalue weighted by Crippen LogP contribution is 2.20. The number of allylic oxidation sites excluding steroid dienone is 7. The first-order chi connectivity index (χ1) is 18.0. The van der Waals surface area contributed by atoms with E-state index >= 15 is 0 Å². The summed E-state index contributed by atoms with van der Waals surface area (Å²) < 4.78 is 10.7. The van der Waals surface area contributed by atoms with E-state index in [9.17, 15) is 9.90 Å². The van der Waals surface area contributed by atoms with Crippen molar-refractivity contribution >= 4 is 5.97 Å². The quantitative estimate of drug-likeness (QED) is 0.290. The average molecular weight is 515 g/mol. The van der Waals surface area contributed by atoms with E-state index in [1.165, 1.54) is 13.5 Å². The van der Waals surface area contributed by atoms with E-state index in [0.29, 0.717) is 18.6 Å². The van der Waals surface area contributed by atoms with Crippen molar-refractivity contribution in [1.82, 2.24) is 0 Å². The summed E-state index contributed by atoms with van der Waals surface area (Å²) in [5.74, 6) is 0.974. The zero-order valence-electron chi connectivity index (χ0n) is 24.8. The second kappa shape index (κ2) is 31.0. The molecule has 4 nitrogen and oxygen atoms in total. The fourth-order valence-corrected chi connectivity index (χ4v) is 2.76. The van der Waals surface area contributed by atoms with Crippen molar-refractivity contribution in [2.45, 2.75) is 99.5 Å². The van der Waals surface area contributed by atoms with Gasteiger partial charge in [-0.05, 0) is 62.5 Å². The number of aliphatic hydroxyl groups is 1. The highest BCUT2D eigenvalue weighted by molar-refractivity contribution is 5.69. The number of carbonyl (C=O) groups is 1. The van der Waals surface area contributed by atoms with E-state index in [-0.39, 0.29) is 12.1 Å². The lowest BCUT2D eigenvalue weighted by molar-refractivity contribution is -0.140. The van der Waals surface area contributed by atoms with Crippen molar-refractivity contribution in [2.24, 2.45) is 0 Å². The van der Waals surface area contributed by atoms with Crippen LogP contribution in [0.15, 0.2) is 85.2 Å². The highest BCUT2D eigenvalue weighted by Gasteiger charge is 2.10. The van der Waals surface area contributed by atoms with Gasteiger partial charge in [0.05, 0.1) is 7.11 Å². The molecule has 0 saturated heterocycles. The maximum absolute atomic E-state index is 11.2. The van der Waals surface area contributed by atoms with Crippen LogP contribution in [-0.4, -0.2) is 24.3 Å². The summed E-state index contributed by atoms with van der Waals surface area (Å²) in [5, 5.41) is 9.55. The SMILES string of the molecule is C=C/C=C\C=C/C.CC.CC.CCC.COC(=O)CCc1ccc(OC2C/C=C\C(O)=C/CCC2)cc1. The molecule has 0 spiro atoms. The normalized spacial score (nSPS) is 16.5. The van der Waals surface area contributed by atoms with Crippen molar-refractivity contribution in [3.8, 4) is 5.75 Å². The van der Waals surface area contributed by atoms with Crippen molar-refractivity contribution in [1.29, 1.82) is 0 Å². The van der Waals surface area contributed by atoms with Gasteiger partial charge in [0, 0.05) is 12.8 Å². The van der Waals surface area contributed by atoms with E-state index in [0.717, 1.165) is 37.0 Å². The molecule has 210 valence electrons. The minimum absolute atomic E-state index is 0.117. The lowest BCUT2D eigenvalue weighted by Gasteiger charge is -2.17. The Kier molecular flexibility index (Phi) is 32.3. The van der Waals surface area contributed by atoms with Crippen LogP contribution in [0.5, 0.6) is 5.75 Å². The number of rotatable bonds is 7. The molecule has 1 aliphatic rings. The van der Waals surface area contributed by atoms with Crippen LogP contribution < -0.4 is 4.74 Å². The predicted molar refractivity (Wildman–Crippen MR) is 162 cm³/mol. The Bertz CT molecular complexity index is 755. The molecular weight excluding hydrogens is 460 g/mol. The number of aryl methyl sites for hydroxylation is 1. The molecular formula is C33H54O4. The van der Waals surface area contributed by atoms with Crippen LogP contribution in [0.2, 0.25) is 0 Å². The molecule has 0 aliphatic heterocycles. The molecule has 0 bridgehead atoms. The number of esters is 1. The van der Waals surface area contributed by atoms with Gasteiger partial charge in [-0.15, -0.1) is 0 Å². The molecule has 0 heterocycles. The highest BCUT2D eigenvalue weighted by atomic mass is 16.5.